The van der Waals surface area contributed by atoms with Gasteiger partial charge in [0.1, 0.15) is 0 Å². The zero-order chi connectivity index (χ0) is 19.5. The molecule has 0 aliphatic carbocycles. The van der Waals surface area contributed by atoms with Gasteiger partial charge in [-0.1, -0.05) is 89.2 Å². The van der Waals surface area contributed by atoms with Crippen LogP contribution in [0.3, 0.4) is 0 Å². The zero-order valence-corrected chi connectivity index (χ0v) is 17.2. The molecule has 3 rings (SSSR count). The number of hydrogen-bond donors (Lipinski definition) is 1. The summed E-state index contributed by atoms with van der Waals surface area (Å²) in [7, 11) is 0. The molecule has 0 fully saturated rings. The standard InChI is InChI=1S/C26H31N/c1-6-25(2,3)20-12-16-23(17-13-20)27-24-18-14-22(15-19-24)26(4,5)21-10-8-7-9-11-21/h7-19,27H,6H2,1-5H3. The van der Waals surface area contributed by atoms with Gasteiger partial charge in [0.25, 0.3) is 0 Å². The third-order valence-corrected chi connectivity index (χ3v) is 5.94. The average Bonchev–Trinajstić information content (AvgIpc) is 2.69. The van der Waals surface area contributed by atoms with Crippen molar-refractivity contribution in [2.75, 3.05) is 5.32 Å². The molecule has 3 aromatic rings. The van der Waals surface area contributed by atoms with Gasteiger partial charge < -0.3 is 5.32 Å². The summed E-state index contributed by atoms with van der Waals surface area (Å²) < 4.78 is 0. The first-order valence-corrected chi connectivity index (χ1v) is 9.86. The normalized spacial score (nSPS) is 12.0. The molecule has 0 saturated carbocycles. The molecular formula is C26H31N. The molecule has 0 amide bonds. The van der Waals surface area contributed by atoms with Crippen molar-refractivity contribution in [3.05, 3.63) is 95.6 Å². The van der Waals surface area contributed by atoms with Gasteiger partial charge in [-0.25, -0.2) is 0 Å². The molecule has 0 saturated heterocycles. The highest BCUT2D eigenvalue weighted by molar-refractivity contribution is 5.61. The Kier molecular flexibility index (Phi) is 5.41. The molecule has 140 valence electrons. The summed E-state index contributed by atoms with van der Waals surface area (Å²) in [5.41, 5.74) is 6.50. The lowest BCUT2D eigenvalue weighted by molar-refractivity contribution is 0.506. The lowest BCUT2D eigenvalue weighted by atomic mass is 9.78. The van der Waals surface area contributed by atoms with Crippen LogP contribution in [0.4, 0.5) is 11.4 Å². The van der Waals surface area contributed by atoms with Crippen molar-refractivity contribution >= 4 is 11.4 Å². The van der Waals surface area contributed by atoms with Crippen LogP contribution in [0, 0.1) is 0 Å². The molecule has 0 unspecified atom stereocenters. The van der Waals surface area contributed by atoms with Crippen LogP contribution in [0.5, 0.6) is 0 Å². The van der Waals surface area contributed by atoms with Crippen molar-refractivity contribution < 1.29 is 0 Å². The first kappa shape index (κ1) is 19.2. The Hall–Kier alpha value is -2.54. The fourth-order valence-electron chi connectivity index (χ4n) is 3.37. The Morgan fingerprint density at radius 2 is 1.04 bits per heavy atom. The molecule has 0 bridgehead atoms. The van der Waals surface area contributed by atoms with E-state index in [1.807, 2.05) is 0 Å². The maximum atomic E-state index is 3.52. The van der Waals surface area contributed by atoms with Gasteiger partial charge in [0, 0.05) is 16.8 Å². The smallest absolute Gasteiger partial charge is 0.0384 e. The van der Waals surface area contributed by atoms with Crippen LogP contribution in [0.1, 0.15) is 57.7 Å². The minimum atomic E-state index is -0.00677. The molecule has 0 aliphatic heterocycles. The van der Waals surface area contributed by atoms with E-state index in [-0.39, 0.29) is 10.8 Å². The molecule has 1 nitrogen and oxygen atoms in total. The number of anilines is 2. The summed E-state index contributed by atoms with van der Waals surface area (Å²) in [5.74, 6) is 0. The molecule has 27 heavy (non-hydrogen) atoms. The predicted octanol–water partition coefficient (Wildman–Crippen LogP) is 7.44. The van der Waals surface area contributed by atoms with E-state index < -0.39 is 0 Å². The van der Waals surface area contributed by atoms with Gasteiger partial charge in [-0.15, -0.1) is 0 Å². The van der Waals surface area contributed by atoms with Crippen molar-refractivity contribution in [3.63, 3.8) is 0 Å². The van der Waals surface area contributed by atoms with Crippen LogP contribution in [0.15, 0.2) is 78.9 Å². The Morgan fingerprint density at radius 3 is 1.52 bits per heavy atom. The quantitative estimate of drug-likeness (QED) is 0.483. The van der Waals surface area contributed by atoms with Gasteiger partial charge in [-0.2, -0.15) is 0 Å². The Morgan fingerprint density at radius 1 is 0.593 bits per heavy atom. The van der Waals surface area contributed by atoms with E-state index in [0.29, 0.717) is 0 Å². The van der Waals surface area contributed by atoms with Crippen molar-refractivity contribution in [2.24, 2.45) is 0 Å². The van der Waals surface area contributed by atoms with E-state index in [1.165, 1.54) is 16.7 Å². The summed E-state index contributed by atoms with van der Waals surface area (Å²) in [6, 6.07) is 28.3. The largest absolute Gasteiger partial charge is 0.356 e. The summed E-state index contributed by atoms with van der Waals surface area (Å²) in [6.45, 7) is 11.4. The van der Waals surface area contributed by atoms with Gasteiger partial charge in [-0.3, -0.25) is 0 Å². The first-order chi connectivity index (χ1) is 12.8. The maximum absolute atomic E-state index is 3.52. The average molecular weight is 358 g/mol. The summed E-state index contributed by atoms with van der Waals surface area (Å²) >= 11 is 0. The number of rotatable bonds is 6. The molecular weight excluding hydrogens is 326 g/mol. The second-order valence-corrected chi connectivity index (χ2v) is 8.51. The van der Waals surface area contributed by atoms with Gasteiger partial charge >= 0.3 is 0 Å². The molecule has 0 aromatic heterocycles. The molecule has 0 spiro atoms. The van der Waals surface area contributed by atoms with E-state index in [1.54, 1.807) is 0 Å². The highest BCUT2D eigenvalue weighted by Crippen LogP contribution is 2.32. The predicted molar refractivity (Wildman–Crippen MR) is 118 cm³/mol. The van der Waals surface area contributed by atoms with Crippen LogP contribution in [-0.2, 0) is 10.8 Å². The summed E-state index contributed by atoms with van der Waals surface area (Å²) in [6.07, 6.45) is 1.14. The number of benzene rings is 3. The van der Waals surface area contributed by atoms with E-state index in [0.717, 1.165) is 17.8 Å². The van der Waals surface area contributed by atoms with Crippen LogP contribution >= 0.6 is 0 Å². The SMILES string of the molecule is CCC(C)(C)c1ccc(Nc2ccc(C(C)(C)c3ccccc3)cc2)cc1. The van der Waals surface area contributed by atoms with E-state index >= 15 is 0 Å². The molecule has 1 N–H and O–H groups in total. The highest BCUT2D eigenvalue weighted by Gasteiger charge is 2.22. The topological polar surface area (TPSA) is 12.0 Å². The summed E-state index contributed by atoms with van der Waals surface area (Å²) in [4.78, 5) is 0. The van der Waals surface area contributed by atoms with Crippen molar-refractivity contribution in [1.82, 2.24) is 0 Å². The van der Waals surface area contributed by atoms with Gasteiger partial charge in [0.05, 0.1) is 0 Å². The van der Waals surface area contributed by atoms with Crippen molar-refractivity contribution in [2.45, 2.75) is 51.9 Å². The fourth-order valence-corrected chi connectivity index (χ4v) is 3.37. The molecule has 0 heterocycles. The minimum Gasteiger partial charge on any atom is -0.356 e. The van der Waals surface area contributed by atoms with Crippen molar-refractivity contribution in [1.29, 1.82) is 0 Å². The Bertz CT molecular complexity index is 856. The Balaban J connectivity index is 1.75. The monoisotopic (exact) mass is 357 g/mol. The molecule has 0 atom stereocenters. The van der Waals surface area contributed by atoms with Crippen LogP contribution in [0.2, 0.25) is 0 Å². The molecule has 0 aliphatic rings. The summed E-state index contributed by atoms with van der Waals surface area (Å²) in [5, 5.41) is 3.52. The maximum Gasteiger partial charge on any atom is 0.0384 e. The molecule has 0 radical (unpaired) electrons. The lowest BCUT2D eigenvalue weighted by Gasteiger charge is -2.26. The van der Waals surface area contributed by atoms with Crippen LogP contribution in [-0.4, -0.2) is 0 Å². The third kappa shape index (κ3) is 4.24. The van der Waals surface area contributed by atoms with Gasteiger partial charge in [-0.05, 0) is 52.8 Å². The fraction of sp³-hybridized carbons (Fsp3) is 0.308. The second kappa shape index (κ2) is 7.60. The van der Waals surface area contributed by atoms with Crippen LogP contribution < -0.4 is 5.32 Å². The second-order valence-electron chi connectivity index (χ2n) is 8.51. The highest BCUT2D eigenvalue weighted by atomic mass is 14.9. The van der Waals surface area contributed by atoms with E-state index in [2.05, 4.69) is 119 Å². The van der Waals surface area contributed by atoms with Gasteiger partial charge in [0.15, 0.2) is 0 Å². The third-order valence-electron chi connectivity index (χ3n) is 5.94. The minimum absolute atomic E-state index is 0.00677. The number of nitrogens with one attached hydrogen (secondary N) is 1. The Labute approximate surface area is 164 Å². The van der Waals surface area contributed by atoms with E-state index in [9.17, 15) is 0 Å². The molecule has 1 heteroatoms. The van der Waals surface area contributed by atoms with Crippen LogP contribution in [0.25, 0.3) is 0 Å². The number of hydrogen-bond acceptors (Lipinski definition) is 1. The molecule has 3 aromatic carbocycles. The van der Waals surface area contributed by atoms with Gasteiger partial charge in [0.2, 0.25) is 0 Å². The lowest BCUT2D eigenvalue weighted by Crippen LogP contribution is -2.18. The first-order valence-electron chi connectivity index (χ1n) is 9.86. The van der Waals surface area contributed by atoms with E-state index in [4.69, 9.17) is 0 Å². The zero-order valence-electron chi connectivity index (χ0n) is 17.2. The van der Waals surface area contributed by atoms with Crippen molar-refractivity contribution in [3.8, 4) is 0 Å².